The number of rotatable bonds is 3. The number of fused-ring (bicyclic) bond motifs is 1. The molecule has 0 atom stereocenters. The van der Waals surface area contributed by atoms with E-state index in [-0.39, 0.29) is 16.9 Å². The lowest BCUT2D eigenvalue weighted by Crippen LogP contribution is -2.22. The first-order valence-corrected chi connectivity index (χ1v) is 8.69. The van der Waals surface area contributed by atoms with E-state index in [1.165, 1.54) is 17.7 Å². The quantitative estimate of drug-likeness (QED) is 0.649. The molecule has 5 nitrogen and oxygen atoms in total. The largest absolute Gasteiger partial charge is 0.468 e. The second-order valence-corrected chi connectivity index (χ2v) is 7.38. The molecule has 9 heteroatoms. The number of thiazole rings is 1. The van der Waals surface area contributed by atoms with E-state index < -0.39 is 17.7 Å². The normalized spacial score (nSPS) is 11.9. The van der Waals surface area contributed by atoms with Gasteiger partial charge >= 0.3 is 5.97 Å². The van der Waals surface area contributed by atoms with Crippen molar-refractivity contribution in [3.63, 3.8) is 0 Å². The molecule has 1 amide bonds. The van der Waals surface area contributed by atoms with E-state index in [9.17, 15) is 14.0 Å². The Labute approximate surface area is 148 Å². The second kappa shape index (κ2) is 6.84. The van der Waals surface area contributed by atoms with Crippen LogP contribution >= 0.6 is 34.3 Å². The molecular formula is C15H10ClFN2O3S2. The van der Waals surface area contributed by atoms with Crippen molar-refractivity contribution in [1.82, 2.24) is 4.57 Å². The average molecular weight is 385 g/mol. The summed E-state index contributed by atoms with van der Waals surface area (Å²) in [7, 11) is 1.24. The number of thiophene rings is 1. The zero-order valence-corrected chi connectivity index (χ0v) is 14.7. The molecule has 0 fully saturated rings. The Morgan fingerprint density at radius 2 is 2.08 bits per heavy atom. The summed E-state index contributed by atoms with van der Waals surface area (Å²) in [6.07, 6.45) is 0. The van der Waals surface area contributed by atoms with Gasteiger partial charge in [-0.05, 0) is 24.3 Å². The highest BCUT2D eigenvalue weighted by atomic mass is 35.5. The van der Waals surface area contributed by atoms with E-state index in [4.69, 9.17) is 11.6 Å². The van der Waals surface area contributed by atoms with Crippen LogP contribution < -0.4 is 4.80 Å². The molecule has 1 aromatic carbocycles. The molecule has 0 saturated heterocycles. The highest BCUT2D eigenvalue weighted by molar-refractivity contribution is 7.18. The summed E-state index contributed by atoms with van der Waals surface area (Å²) in [5, 5.41) is 0. The number of aromatic nitrogens is 1. The zero-order chi connectivity index (χ0) is 17.3. The predicted octanol–water partition coefficient (Wildman–Crippen LogP) is 3.47. The smallest absolute Gasteiger partial charge is 0.325 e. The third-order valence-corrected chi connectivity index (χ3v) is 5.41. The summed E-state index contributed by atoms with van der Waals surface area (Å²) >= 11 is 8.04. The molecule has 0 aliphatic carbocycles. The van der Waals surface area contributed by atoms with Crippen molar-refractivity contribution < 1.29 is 18.7 Å². The van der Waals surface area contributed by atoms with E-state index in [1.54, 1.807) is 24.3 Å². The number of methoxy groups -OCH3 is 1. The number of nitrogens with zero attached hydrogens (tertiary/aromatic N) is 2. The van der Waals surface area contributed by atoms with Gasteiger partial charge < -0.3 is 9.30 Å². The Kier molecular flexibility index (Phi) is 4.79. The van der Waals surface area contributed by atoms with Gasteiger partial charge in [0.05, 0.1) is 26.5 Å². The van der Waals surface area contributed by atoms with E-state index >= 15 is 0 Å². The lowest BCUT2D eigenvalue weighted by Gasteiger charge is -2.04. The van der Waals surface area contributed by atoms with Crippen LogP contribution in [0.25, 0.3) is 10.2 Å². The van der Waals surface area contributed by atoms with Gasteiger partial charge in [0.1, 0.15) is 12.4 Å². The maximum atomic E-state index is 14.2. The molecule has 0 spiro atoms. The molecule has 0 unspecified atom stereocenters. The molecule has 2 aromatic heterocycles. The Balaban J connectivity index is 2.17. The first-order chi connectivity index (χ1) is 11.5. The van der Waals surface area contributed by atoms with Crippen molar-refractivity contribution in [3.8, 4) is 0 Å². The highest BCUT2D eigenvalue weighted by Crippen LogP contribution is 2.23. The maximum Gasteiger partial charge on any atom is 0.325 e. The summed E-state index contributed by atoms with van der Waals surface area (Å²) in [6.45, 7) is -0.241. The van der Waals surface area contributed by atoms with E-state index in [1.807, 2.05) is 0 Å². The van der Waals surface area contributed by atoms with Crippen molar-refractivity contribution in [2.24, 2.45) is 4.99 Å². The van der Waals surface area contributed by atoms with E-state index in [2.05, 4.69) is 9.73 Å². The monoisotopic (exact) mass is 384 g/mol. The highest BCUT2D eigenvalue weighted by Gasteiger charge is 2.15. The number of benzene rings is 1. The Bertz CT molecular complexity index is 1010. The van der Waals surface area contributed by atoms with Crippen LogP contribution in [0.5, 0.6) is 0 Å². The summed E-state index contributed by atoms with van der Waals surface area (Å²) in [6, 6.07) is 7.70. The van der Waals surface area contributed by atoms with Crippen molar-refractivity contribution in [2.45, 2.75) is 6.54 Å². The van der Waals surface area contributed by atoms with E-state index in [0.717, 1.165) is 22.7 Å². The number of esters is 1. The van der Waals surface area contributed by atoms with Crippen LogP contribution in [0.4, 0.5) is 4.39 Å². The lowest BCUT2D eigenvalue weighted by molar-refractivity contribution is -0.141. The first-order valence-electron chi connectivity index (χ1n) is 6.68. The van der Waals surface area contributed by atoms with Gasteiger partial charge in [-0.1, -0.05) is 29.0 Å². The molecule has 3 aromatic rings. The molecule has 0 radical (unpaired) electrons. The molecular weight excluding hydrogens is 375 g/mol. The SMILES string of the molecule is COC(=O)Cn1c(=NC(=O)c2ccc(Cl)s2)sc2cccc(F)c21. The molecule has 0 bridgehead atoms. The lowest BCUT2D eigenvalue weighted by atomic mass is 10.3. The van der Waals surface area contributed by atoms with Gasteiger partial charge in [-0.25, -0.2) is 4.39 Å². The Morgan fingerprint density at radius 1 is 1.29 bits per heavy atom. The number of carbonyl (C=O) groups excluding carboxylic acids is 2. The van der Waals surface area contributed by atoms with Crippen molar-refractivity contribution in [3.05, 3.63) is 50.2 Å². The van der Waals surface area contributed by atoms with Gasteiger partial charge in [-0.2, -0.15) is 4.99 Å². The molecule has 3 rings (SSSR count). The molecule has 0 N–H and O–H groups in total. The molecule has 124 valence electrons. The third kappa shape index (κ3) is 3.26. The summed E-state index contributed by atoms with van der Waals surface area (Å²) in [5.74, 6) is -1.57. The van der Waals surface area contributed by atoms with Gasteiger partial charge in [0.25, 0.3) is 5.91 Å². The van der Waals surface area contributed by atoms with Crippen LogP contribution in [0.3, 0.4) is 0 Å². The summed E-state index contributed by atoms with van der Waals surface area (Å²) in [4.78, 5) is 28.5. The van der Waals surface area contributed by atoms with Gasteiger partial charge in [0.15, 0.2) is 4.80 Å². The number of hydrogen-bond donors (Lipinski definition) is 0. The van der Waals surface area contributed by atoms with Crippen LogP contribution in [0.2, 0.25) is 4.34 Å². The first kappa shape index (κ1) is 16.8. The summed E-state index contributed by atoms with van der Waals surface area (Å²) in [5.41, 5.74) is 0.212. The molecule has 2 heterocycles. The molecule has 0 aliphatic rings. The zero-order valence-electron chi connectivity index (χ0n) is 12.3. The maximum absolute atomic E-state index is 14.2. The minimum Gasteiger partial charge on any atom is -0.468 e. The molecule has 0 saturated carbocycles. The van der Waals surface area contributed by atoms with Crippen molar-refractivity contribution in [1.29, 1.82) is 0 Å². The van der Waals surface area contributed by atoms with Gasteiger partial charge in [-0.3, -0.25) is 9.59 Å². The molecule has 24 heavy (non-hydrogen) atoms. The fraction of sp³-hybridized carbons (Fsp3) is 0.133. The van der Waals surface area contributed by atoms with Gasteiger partial charge in [-0.15, -0.1) is 11.3 Å². The number of amides is 1. The van der Waals surface area contributed by atoms with Crippen LogP contribution in [0.1, 0.15) is 9.67 Å². The third-order valence-electron chi connectivity index (χ3n) is 3.15. The number of para-hydroxylation sites is 1. The van der Waals surface area contributed by atoms with Gasteiger partial charge in [0.2, 0.25) is 0 Å². The van der Waals surface area contributed by atoms with E-state index in [0.29, 0.717) is 13.9 Å². The number of ether oxygens (including phenoxy) is 1. The van der Waals surface area contributed by atoms with Crippen LogP contribution in [-0.4, -0.2) is 23.6 Å². The van der Waals surface area contributed by atoms with Crippen LogP contribution in [0.15, 0.2) is 35.3 Å². The Morgan fingerprint density at radius 3 is 2.75 bits per heavy atom. The van der Waals surface area contributed by atoms with Crippen LogP contribution in [0, 0.1) is 5.82 Å². The van der Waals surface area contributed by atoms with Crippen molar-refractivity contribution in [2.75, 3.05) is 7.11 Å². The standard InChI is InChI=1S/C15H10ClFN2O3S2/c1-22-12(20)7-19-13-8(17)3-2-4-9(13)24-15(19)18-14(21)10-5-6-11(16)23-10/h2-6H,7H2,1H3. The number of hydrogen-bond acceptors (Lipinski definition) is 5. The Hall–Kier alpha value is -2.03. The van der Waals surface area contributed by atoms with Gasteiger partial charge in [0, 0.05) is 0 Å². The summed E-state index contributed by atoms with van der Waals surface area (Å²) < 4.78 is 21.2. The minimum atomic E-state index is -0.564. The number of halogens is 2. The number of carbonyl (C=O) groups is 2. The van der Waals surface area contributed by atoms with Crippen LogP contribution in [-0.2, 0) is 16.1 Å². The average Bonchev–Trinajstić information content (AvgIpc) is 3.12. The second-order valence-electron chi connectivity index (χ2n) is 4.65. The predicted molar refractivity (Wildman–Crippen MR) is 91.0 cm³/mol. The topological polar surface area (TPSA) is 60.7 Å². The fourth-order valence-corrected chi connectivity index (χ4v) is 4.05. The minimum absolute atomic E-state index is 0.212. The van der Waals surface area contributed by atoms with Crippen molar-refractivity contribution >= 4 is 56.4 Å². The fourth-order valence-electron chi connectivity index (χ4n) is 2.08. The molecule has 0 aliphatic heterocycles.